The summed E-state index contributed by atoms with van der Waals surface area (Å²) in [6.07, 6.45) is 0.637. The minimum Gasteiger partial charge on any atom is -0.497 e. The van der Waals surface area contributed by atoms with Gasteiger partial charge in [0.15, 0.2) is 0 Å². The molecule has 5 nitrogen and oxygen atoms in total. The molecular formula is C14H22N2O3. The average molecular weight is 266 g/mol. The Morgan fingerprint density at radius 2 is 2.00 bits per heavy atom. The van der Waals surface area contributed by atoms with Crippen LogP contribution in [0.2, 0.25) is 0 Å². The van der Waals surface area contributed by atoms with E-state index in [1.165, 1.54) is 0 Å². The van der Waals surface area contributed by atoms with Crippen LogP contribution >= 0.6 is 0 Å². The molecule has 0 spiro atoms. The lowest BCUT2D eigenvalue weighted by atomic mass is 10.0. The van der Waals surface area contributed by atoms with Gasteiger partial charge >= 0.3 is 0 Å². The molecule has 0 fully saturated rings. The number of hydrogen-bond acceptors (Lipinski definition) is 4. The third-order valence-corrected chi connectivity index (χ3v) is 2.73. The first-order valence-corrected chi connectivity index (χ1v) is 6.26. The quantitative estimate of drug-likeness (QED) is 0.826. The van der Waals surface area contributed by atoms with E-state index in [2.05, 4.69) is 5.32 Å². The predicted molar refractivity (Wildman–Crippen MR) is 75.6 cm³/mol. The number of nitrogens with one attached hydrogen (secondary N) is 1. The maximum Gasteiger partial charge on any atom is 0.241 e. The lowest BCUT2D eigenvalue weighted by Crippen LogP contribution is -2.36. The summed E-state index contributed by atoms with van der Waals surface area (Å²) < 4.78 is 10.3. The van der Waals surface area contributed by atoms with Gasteiger partial charge in [0.05, 0.1) is 25.9 Å². The maximum absolute atomic E-state index is 12.0. The third-order valence-electron chi connectivity index (χ3n) is 2.73. The Bertz CT molecular complexity index is 433. The van der Waals surface area contributed by atoms with Crippen molar-refractivity contribution in [3.05, 3.63) is 18.2 Å². The Labute approximate surface area is 114 Å². The molecule has 1 atom stereocenters. The van der Waals surface area contributed by atoms with E-state index in [1.54, 1.807) is 32.4 Å². The van der Waals surface area contributed by atoms with E-state index in [9.17, 15) is 4.79 Å². The number of nitrogens with two attached hydrogens (primary N) is 1. The van der Waals surface area contributed by atoms with Crippen molar-refractivity contribution < 1.29 is 14.3 Å². The molecule has 3 N–H and O–H groups in total. The standard InChI is InChI=1S/C14H22N2O3/c1-9(2)7-11(15)14(17)16-12-8-10(18-3)5-6-13(12)19-4/h5-6,8-9,11H,7,15H2,1-4H3,(H,16,17)/t11-/m1/s1. The Balaban J connectivity index is 2.82. The molecule has 0 saturated heterocycles. The average Bonchev–Trinajstić information content (AvgIpc) is 2.37. The Morgan fingerprint density at radius 1 is 1.32 bits per heavy atom. The number of methoxy groups -OCH3 is 2. The smallest absolute Gasteiger partial charge is 0.241 e. The number of amides is 1. The van der Waals surface area contributed by atoms with Crippen molar-refractivity contribution in [3.8, 4) is 11.5 Å². The van der Waals surface area contributed by atoms with Gasteiger partial charge in [0.2, 0.25) is 5.91 Å². The molecule has 0 aromatic heterocycles. The summed E-state index contributed by atoms with van der Waals surface area (Å²) in [7, 11) is 3.11. The first-order valence-electron chi connectivity index (χ1n) is 6.26. The number of carbonyl (C=O) groups is 1. The monoisotopic (exact) mass is 266 g/mol. The number of carbonyl (C=O) groups excluding carboxylic acids is 1. The molecule has 1 rings (SSSR count). The fraction of sp³-hybridized carbons (Fsp3) is 0.500. The fourth-order valence-electron chi connectivity index (χ4n) is 1.75. The molecule has 0 heterocycles. The van der Waals surface area contributed by atoms with Crippen molar-refractivity contribution in [1.82, 2.24) is 0 Å². The summed E-state index contributed by atoms with van der Waals surface area (Å²) in [5, 5.41) is 2.77. The van der Waals surface area contributed by atoms with Crippen LogP contribution in [-0.4, -0.2) is 26.2 Å². The van der Waals surface area contributed by atoms with E-state index in [4.69, 9.17) is 15.2 Å². The van der Waals surface area contributed by atoms with Gasteiger partial charge in [0.1, 0.15) is 11.5 Å². The van der Waals surface area contributed by atoms with E-state index >= 15 is 0 Å². The Morgan fingerprint density at radius 3 is 2.53 bits per heavy atom. The molecule has 106 valence electrons. The minimum absolute atomic E-state index is 0.222. The summed E-state index contributed by atoms with van der Waals surface area (Å²) in [6, 6.07) is 4.68. The lowest BCUT2D eigenvalue weighted by molar-refractivity contribution is -0.117. The van der Waals surface area contributed by atoms with E-state index in [0.29, 0.717) is 29.5 Å². The van der Waals surface area contributed by atoms with Crippen molar-refractivity contribution in [2.75, 3.05) is 19.5 Å². The van der Waals surface area contributed by atoms with Gasteiger partial charge in [-0.2, -0.15) is 0 Å². The molecule has 0 aliphatic carbocycles. The van der Waals surface area contributed by atoms with Gasteiger partial charge in [-0.25, -0.2) is 0 Å². The molecule has 0 aliphatic heterocycles. The molecule has 1 aromatic rings. The topological polar surface area (TPSA) is 73.6 Å². The van der Waals surface area contributed by atoms with Crippen LogP contribution in [0.15, 0.2) is 18.2 Å². The SMILES string of the molecule is COc1ccc(OC)c(NC(=O)[C@H](N)CC(C)C)c1. The first kappa shape index (κ1) is 15.3. The minimum atomic E-state index is -0.532. The normalized spacial score (nSPS) is 12.1. The second-order valence-corrected chi connectivity index (χ2v) is 4.79. The highest BCUT2D eigenvalue weighted by Gasteiger charge is 2.17. The van der Waals surface area contributed by atoms with Crippen LogP contribution in [0.1, 0.15) is 20.3 Å². The largest absolute Gasteiger partial charge is 0.497 e. The number of hydrogen-bond donors (Lipinski definition) is 2. The number of anilines is 1. The van der Waals surface area contributed by atoms with E-state index < -0.39 is 6.04 Å². The van der Waals surface area contributed by atoms with Crippen molar-refractivity contribution in [2.24, 2.45) is 11.7 Å². The van der Waals surface area contributed by atoms with Crippen LogP contribution in [0, 0.1) is 5.92 Å². The molecule has 0 aliphatic rings. The molecule has 0 bridgehead atoms. The second-order valence-electron chi connectivity index (χ2n) is 4.79. The van der Waals surface area contributed by atoms with Crippen LogP contribution in [0.4, 0.5) is 5.69 Å². The fourth-order valence-corrected chi connectivity index (χ4v) is 1.75. The summed E-state index contributed by atoms with van der Waals surface area (Å²) in [4.78, 5) is 12.0. The summed E-state index contributed by atoms with van der Waals surface area (Å²) in [5.74, 6) is 1.37. The highest BCUT2D eigenvalue weighted by Crippen LogP contribution is 2.29. The number of benzene rings is 1. The number of ether oxygens (including phenoxy) is 2. The highest BCUT2D eigenvalue weighted by molar-refractivity contribution is 5.96. The molecular weight excluding hydrogens is 244 g/mol. The third kappa shape index (κ3) is 4.44. The Hall–Kier alpha value is -1.75. The molecule has 0 saturated carbocycles. The van der Waals surface area contributed by atoms with E-state index in [1.807, 2.05) is 13.8 Å². The van der Waals surface area contributed by atoms with Crippen LogP contribution in [0.5, 0.6) is 11.5 Å². The molecule has 0 unspecified atom stereocenters. The van der Waals surface area contributed by atoms with Crippen LogP contribution in [0.3, 0.4) is 0 Å². The number of rotatable bonds is 6. The van der Waals surface area contributed by atoms with Gasteiger partial charge in [-0.3, -0.25) is 4.79 Å². The predicted octanol–water partition coefficient (Wildman–Crippen LogP) is 2.02. The van der Waals surface area contributed by atoms with Gasteiger partial charge in [0.25, 0.3) is 0 Å². The van der Waals surface area contributed by atoms with Gasteiger partial charge in [0, 0.05) is 6.07 Å². The van der Waals surface area contributed by atoms with Crippen molar-refractivity contribution in [1.29, 1.82) is 0 Å². The maximum atomic E-state index is 12.0. The highest BCUT2D eigenvalue weighted by atomic mass is 16.5. The van der Waals surface area contributed by atoms with E-state index in [-0.39, 0.29) is 5.91 Å². The zero-order chi connectivity index (χ0) is 14.4. The van der Waals surface area contributed by atoms with Gasteiger partial charge < -0.3 is 20.5 Å². The first-order chi connectivity index (χ1) is 8.97. The van der Waals surface area contributed by atoms with Gasteiger partial charge in [-0.1, -0.05) is 13.8 Å². The van der Waals surface area contributed by atoms with Crippen LogP contribution in [-0.2, 0) is 4.79 Å². The Kier molecular flexibility index (Phi) is 5.63. The van der Waals surface area contributed by atoms with Crippen molar-refractivity contribution in [2.45, 2.75) is 26.3 Å². The zero-order valence-electron chi connectivity index (χ0n) is 11.9. The second kappa shape index (κ2) is 6.99. The van der Waals surface area contributed by atoms with Gasteiger partial charge in [-0.05, 0) is 24.5 Å². The molecule has 19 heavy (non-hydrogen) atoms. The van der Waals surface area contributed by atoms with Crippen LogP contribution < -0.4 is 20.5 Å². The van der Waals surface area contributed by atoms with Crippen LogP contribution in [0.25, 0.3) is 0 Å². The molecule has 5 heteroatoms. The molecule has 0 radical (unpaired) electrons. The molecule has 1 amide bonds. The van der Waals surface area contributed by atoms with Gasteiger partial charge in [-0.15, -0.1) is 0 Å². The zero-order valence-corrected chi connectivity index (χ0v) is 11.9. The van der Waals surface area contributed by atoms with E-state index in [0.717, 1.165) is 0 Å². The molecule has 1 aromatic carbocycles. The summed E-state index contributed by atoms with van der Waals surface area (Å²) >= 11 is 0. The summed E-state index contributed by atoms with van der Waals surface area (Å²) in [5.41, 5.74) is 6.41. The van der Waals surface area contributed by atoms with Crippen molar-refractivity contribution >= 4 is 11.6 Å². The lowest BCUT2D eigenvalue weighted by Gasteiger charge is -2.16. The summed E-state index contributed by atoms with van der Waals surface area (Å²) in [6.45, 7) is 4.05. The van der Waals surface area contributed by atoms with Crippen molar-refractivity contribution in [3.63, 3.8) is 0 Å².